The van der Waals surface area contributed by atoms with Crippen LogP contribution < -0.4 is 4.90 Å². The van der Waals surface area contributed by atoms with Gasteiger partial charge in [-0.15, -0.1) is 0 Å². The van der Waals surface area contributed by atoms with Gasteiger partial charge in [0, 0.05) is 38.8 Å². The first-order valence-corrected chi connectivity index (χ1v) is 6.39. The maximum atomic E-state index is 12.0. The number of carbonyl (C=O) groups is 1. The van der Waals surface area contributed by atoms with Crippen LogP contribution in [0.4, 0.5) is 5.69 Å². The van der Waals surface area contributed by atoms with E-state index in [1.165, 1.54) is 0 Å². The third-order valence-electron chi connectivity index (χ3n) is 3.22. The van der Waals surface area contributed by atoms with Crippen LogP contribution >= 0.6 is 0 Å². The van der Waals surface area contributed by atoms with Crippen molar-refractivity contribution in [3.8, 4) is 0 Å². The van der Waals surface area contributed by atoms with Crippen molar-refractivity contribution in [3.05, 3.63) is 30.3 Å². The Morgan fingerprint density at radius 2 is 1.94 bits per heavy atom. The molecule has 0 aromatic heterocycles. The van der Waals surface area contributed by atoms with E-state index < -0.39 is 0 Å². The van der Waals surface area contributed by atoms with E-state index in [-0.39, 0.29) is 5.91 Å². The number of carbonyl (C=O) groups excluding carboxylic acids is 1. The summed E-state index contributed by atoms with van der Waals surface area (Å²) in [6.07, 6.45) is 0.561. The van der Waals surface area contributed by atoms with Gasteiger partial charge in [0.05, 0.1) is 13.2 Å². The molecule has 4 heteroatoms. The zero-order valence-corrected chi connectivity index (χ0v) is 10.8. The topological polar surface area (TPSA) is 32.8 Å². The number of anilines is 1. The lowest BCUT2D eigenvalue weighted by Gasteiger charge is -2.28. The molecular formula is C14H20N2O2. The second kappa shape index (κ2) is 6.40. The lowest BCUT2D eigenvalue weighted by Crippen LogP contribution is -2.41. The van der Waals surface area contributed by atoms with Crippen molar-refractivity contribution in [2.24, 2.45) is 0 Å². The van der Waals surface area contributed by atoms with E-state index in [4.69, 9.17) is 4.74 Å². The normalized spacial score (nSPS) is 15.5. The number of para-hydroxylation sites is 1. The number of hydrogen-bond acceptors (Lipinski definition) is 3. The molecule has 0 atom stereocenters. The summed E-state index contributed by atoms with van der Waals surface area (Å²) >= 11 is 0. The number of hydrogen-bond donors (Lipinski definition) is 0. The zero-order chi connectivity index (χ0) is 12.8. The summed E-state index contributed by atoms with van der Waals surface area (Å²) in [5.41, 5.74) is 1.15. The van der Waals surface area contributed by atoms with Crippen LogP contribution in [0.1, 0.15) is 6.42 Å². The molecule has 1 amide bonds. The second-order valence-corrected chi connectivity index (χ2v) is 4.50. The minimum absolute atomic E-state index is 0.223. The van der Waals surface area contributed by atoms with Crippen molar-refractivity contribution in [2.75, 3.05) is 44.8 Å². The molecule has 1 saturated heterocycles. The standard InChI is InChI=1S/C14H20N2O2/c1-15(13-5-3-2-4-6-13)8-7-14(17)16-9-11-18-12-10-16/h2-6H,7-12H2,1H3. The van der Waals surface area contributed by atoms with Gasteiger partial charge < -0.3 is 14.5 Å². The van der Waals surface area contributed by atoms with Crippen LogP contribution in [0, 0.1) is 0 Å². The van der Waals surface area contributed by atoms with Gasteiger partial charge in [0.2, 0.25) is 5.91 Å². The molecule has 98 valence electrons. The molecule has 0 saturated carbocycles. The highest BCUT2D eigenvalue weighted by atomic mass is 16.5. The van der Waals surface area contributed by atoms with Crippen LogP contribution in [-0.4, -0.2) is 50.7 Å². The van der Waals surface area contributed by atoms with Crippen LogP contribution in [0.25, 0.3) is 0 Å². The molecule has 1 aliphatic rings. The van der Waals surface area contributed by atoms with Crippen molar-refractivity contribution in [1.82, 2.24) is 4.90 Å². The number of morpholine rings is 1. The average molecular weight is 248 g/mol. The van der Waals surface area contributed by atoms with Crippen molar-refractivity contribution in [2.45, 2.75) is 6.42 Å². The lowest BCUT2D eigenvalue weighted by molar-refractivity contribution is -0.135. The Bertz CT molecular complexity index is 375. The van der Waals surface area contributed by atoms with Crippen LogP contribution in [-0.2, 0) is 9.53 Å². The summed E-state index contributed by atoms with van der Waals surface area (Å²) in [5.74, 6) is 0.223. The van der Waals surface area contributed by atoms with E-state index in [1.807, 2.05) is 30.1 Å². The first-order valence-electron chi connectivity index (χ1n) is 6.39. The number of amides is 1. The van der Waals surface area contributed by atoms with Gasteiger partial charge in [-0.2, -0.15) is 0 Å². The first-order chi connectivity index (χ1) is 8.77. The van der Waals surface area contributed by atoms with E-state index in [0.29, 0.717) is 19.6 Å². The fraction of sp³-hybridized carbons (Fsp3) is 0.500. The molecule has 2 rings (SSSR count). The molecule has 1 heterocycles. The Hall–Kier alpha value is -1.55. The maximum Gasteiger partial charge on any atom is 0.224 e. The highest BCUT2D eigenvalue weighted by Gasteiger charge is 2.16. The molecule has 0 unspecified atom stereocenters. The SMILES string of the molecule is CN(CCC(=O)N1CCOCC1)c1ccccc1. The molecule has 18 heavy (non-hydrogen) atoms. The Morgan fingerprint density at radius 3 is 2.61 bits per heavy atom. The highest BCUT2D eigenvalue weighted by molar-refractivity contribution is 5.76. The van der Waals surface area contributed by atoms with Gasteiger partial charge in [-0.25, -0.2) is 0 Å². The minimum atomic E-state index is 0.223. The predicted molar refractivity (Wildman–Crippen MR) is 71.7 cm³/mol. The molecule has 0 spiro atoms. The average Bonchev–Trinajstić information content (AvgIpc) is 2.46. The second-order valence-electron chi connectivity index (χ2n) is 4.50. The fourth-order valence-electron chi connectivity index (χ4n) is 2.05. The summed E-state index contributed by atoms with van der Waals surface area (Å²) in [7, 11) is 2.02. The van der Waals surface area contributed by atoms with E-state index >= 15 is 0 Å². The van der Waals surface area contributed by atoms with Gasteiger partial charge in [0.1, 0.15) is 0 Å². The van der Waals surface area contributed by atoms with E-state index in [2.05, 4.69) is 17.0 Å². The van der Waals surface area contributed by atoms with Crippen molar-refractivity contribution < 1.29 is 9.53 Å². The number of benzene rings is 1. The molecule has 0 bridgehead atoms. The van der Waals surface area contributed by atoms with Gasteiger partial charge >= 0.3 is 0 Å². The van der Waals surface area contributed by atoms with E-state index in [1.54, 1.807) is 0 Å². The Labute approximate surface area is 108 Å². The van der Waals surface area contributed by atoms with Crippen molar-refractivity contribution >= 4 is 11.6 Å². The smallest absolute Gasteiger partial charge is 0.224 e. The number of nitrogens with zero attached hydrogens (tertiary/aromatic N) is 2. The maximum absolute atomic E-state index is 12.0. The molecule has 1 aliphatic heterocycles. The number of ether oxygens (including phenoxy) is 1. The third kappa shape index (κ3) is 3.47. The third-order valence-corrected chi connectivity index (χ3v) is 3.22. The van der Waals surface area contributed by atoms with E-state index in [0.717, 1.165) is 25.3 Å². The predicted octanol–water partition coefficient (Wildman–Crippen LogP) is 1.37. The molecule has 4 nitrogen and oxygen atoms in total. The quantitative estimate of drug-likeness (QED) is 0.807. The molecule has 1 aromatic carbocycles. The summed E-state index contributed by atoms with van der Waals surface area (Å²) in [4.78, 5) is 16.0. The number of rotatable bonds is 4. The summed E-state index contributed by atoms with van der Waals surface area (Å²) in [6, 6.07) is 10.1. The summed E-state index contributed by atoms with van der Waals surface area (Å²) in [5, 5.41) is 0. The van der Waals surface area contributed by atoms with Crippen LogP contribution in [0.5, 0.6) is 0 Å². The Kier molecular flexibility index (Phi) is 4.59. The summed E-state index contributed by atoms with van der Waals surface area (Å²) < 4.78 is 5.24. The lowest BCUT2D eigenvalue weighted by atomic mass is 10.2. The van der Waals surface area contributed by atoms with Gasteiger partial charge in [-0.1, -0.05) is 18.2 Å². The van der Waals surface area contributed by atoms with Crippen molar-refractivity contribution in [3.63, 3.8) is 0 Å². The molecular weight excluding hydrogens is 228 g/mol. The molecule has 0 N–H and O–H groups in total. The molecule has 0 aliphatic carbocycles. The van der Waals surface area contributed by atoms with Gasteiger partial charge in [0.15, 0.2) is 0 Å². The van der Waals surface area contributed by atoms with Gasteiger partial charge in [0.25, 0.3) is 0 Å². The first kappa shape index (κ1) is 12.9. The highest BCUT2D eigenvalue weighted by Crippen LogP contribution is 2.11. The van der Waals surface area contributed by atoms with Crippen molar-refractivity contribution in [1.29, 1.82) is 0 Å². The van der Waals surface area contributed by atoms with E-state index in [9.17, 15) is 4.79 Å². The van der Waals surface area contributed by atoms with Crippen LogP contribution in [0.3, 0.4) is 0 Å². The molecule has 1 aromatic rings. The minimum Gasteiger partial charge on any atom is -0.378 e. The van der Waals surface area contributed by atoms with Gasteiger partial charge in [-0.3, -0.25) is 4.79 Å². The Balaban J connectivity index is 1.78. The molecule has 0 radical (unpaired) electrons. The largest absolute Gasteiger partial charge is 0.378 e. The monoisotopic (exact) mass is 248 g/mol. The Morgan fingerprint density at radius 1 is 1.28 bits per heavy atom. The summed E-state index contributed by atoms with van der Waals surface area (Å²) in [6.45, 7) is 3.54. The van der Waals surface area contributed by atoms with Crippen LogP contribution in [0.15, 0.2) is 30.3 Å². The fourth-order valence-corrected chi connectivity index (χ4v) is 2.05. The molecule has 1 fully saturated rings. The zero-order valence-electron chi connectivity index (χ0n) is 10.8. The van der Waals surface area contributed by atoms with Crippen LogP contribution in [0.2, 0.25) is 0 Å². The van der Waals surface area contributed by atoms with Gasteiger partial charge in [-0.05, 0) is 12.1 Å².